The molecule has 0 heterocycles. The molecule has 6 heavy (non-hydrogen) atoms. The Morgan fingerprint density at radius 2 is 1.67 bits per heavy atom. The van der Waals surface area contributed by atoms with Crippen LogP contribution in [0.3, 0.4) is 0 Å². The van der Waals surface area contributed by atoms with Crippen LogP contribution in [0, 0.1) is 0 Å². The Bertz CT molecular complexity index is 34.5. The Morgan fingerprint density at radius 3 is 1.67 bits per heavy atom. The van der Waals surface area contributed by atoms with Crippen molar-refractivity contribution < 1.29 is 55.6 Å². The van der Waals surface area contributed by atoms with Crippen molar-refractivity contribution >= 4 is 5.97 Å². The van der Waals surface area contributed by atoms with Gasteiger partial charge in [-0.05, 0) is 0 Å². The monoisotopic (exact) mass is 214 g/mol. The van der Waals surface area contributed by atoms with Crippen molar-refractivity contribution in [3.8, 4) is 0 Å². The molecule has 0 saturated heterocycles. The van der Waals surface area contributed by atoms with Gasteiger partial charge in [0, 0.05) is 52.6 Å². The summed E-state index contributed by atoms with van der Waals surface area (Å²) < 4.78 is 0. The molecule has 0 atom stereocenters. The van der Waals surface area contributed by atoms with Gasteiger partial charge in [0.1, 0.15) is 0 Å². The van der Waals surface area contributed by atoms with Crippen LogP contribution in [0.2, 0.25) is 0 Å². The fraction of sp³-hybridized carbons (Fsp3) is 0.500. The third kappa shape index (κ3) is 82.5. The maximum absolute atomic E-state index is 9.00. The van der Waals surface area contributed by atoms with Gasteiger partial charge in [-0.15, -0.1) is 0 Å². The van der Waals surface area contributed by atoms with Crippen LogP contribution in [0.25, 0.3) is 0 Å². The number of rotatable bonds is 0. The summed E-state index contributed by atoms with van der Waals surface area (Å²) in [5.41, 5.74) is 0. The molecule has 2 nitrogen and oxygen atoms in total. The molecule has 0 aromatic heterocycles. The van der Waals surface area contributed by atoms with Gasteiger partial charge in [-0.2, -0.15) is 0 Å². The summed E-state index contributed by atoms with van der Waals surface area (Å²) in [6, 6.07) is 0. The maximum atomic E-state index is 9.00. The molecule has 0 bridgehead atoms. The van der Waals surface area contributed by atoms with E-state index in [2.05, 4.69) is 0 Å². The van der Waals surface area contributed by atoms with Crippen LogP contribution in [-0.2, 0) is 50.5 Å². The Morgan fingerprint density at radius 1 is 1.67 bits per heavy atom. The molecule has 0 aliphatic heterocycles. The van der Waals surface area contributed by atoms with E-state index in [0.29, 0.717) is 0 Å². The van der Waals surface area contributed by atoms with E-state index < -0.39 is 5.97 Å². The number of hydrogen-bond acceptors (Lipinski definition) is 1. The summed E-state index contributed by atoms with van der Waals surface area (Å²) in [4.78, 5) is 9.00. The van der Waals surface area contributed by atoms with Crippen LogP contribution in [0.15, 0.2) is 0 Å². The zero-order valence-electron chi connectivity index (χ0n) is 3.56. The topological polar surface area (TPSA) is 37.3 Å². The first-order valence-electron chi connectivity index (χ1n) is 0.928. The zero-order valence-corrected chi connectivity index (χ0v) is 8.99. The first-order chi connectivity index (χ1) is 1.73. The second-order valence-electron chi connectivity index (χ2n) is 0.519. The number of aliphatic carboxylic acids is 1. The van der Waals surface area contributed by atoms with Crippen molar-refractivity contribution in [1.82, 2.24) is 0 Å². The van der Waals surface area contributed by atoms with Crippen molar-refractivity contribution in [1.29, 1.82) is 0 Å². The molecule has 0 fully saturated rings. The average Bonchev–Trinajstić information content (AvgIpc) is 0.811. The van der Waals surface area contributed by atoms with Gasteiger partial charge in [0.2, 0.25) is 0 Å². The zero-order chi connectivity index (χ0) is 3.58. The largest absolute Gasteiger partial charge is 0.481 e. The molecule has 0 saturated carbocycles. The molecule has 0 spiro atoms. The van der Waals surface area contributed by atoms with Crippen molar-refractivity contribution in [3.05, 3.63) is 0 Å². The normalized spacial score (nSPS) is 4.17. The van der Waals surface area contributed by atoms with E-state index in [0.717, 1.165) is 6.92 Å². The second-order valence-corrected chi connectivity index (χ2v) is 0.519. The number of carboxylic acids is 1. The van der Waals surface area contributed by atoms with Crippen molar-refractivity contribution in [2.75, 3.05) is 0 Å². The third-order valence-electron chi connectivity index (χ3n) is 0. The predicted octanol–water partition coefficient (Wildman–Crippen LogP) is 0.0859. The van der Waals surface area contributed by atoms with Gasteiger partial charge in [-0.3, -0.25) is 4.79 Å². The van der Waals surface area contributed by atoms with E-state index in [-0.39, 0.29) is 45.7 Å². The molecule has 0 radical (unpaired) electrons. The van der Waals surface area contributed by atoms with Crippen LogP contribution in [-0.4, -0.2) is 11.1 Å². The summed E-state index contributed by atoms with van der Waals surface area (Å²) in [6.07, 6.45) is 0. The standard InChI is InChI=1S/C2H4O2.Zn.Zr/c1-2(3)4;;/h1H3,(H,3,4);;. The fourth-order valence-electron chi connectivity index (χ4n) is 0. The van der Waals surface area contributed by atoms with E-state index in [9.17, 15) is 0 Å². The minimum Gasteiger partial charge on any atom is -0.481 e. The quantitative estimate of drug-likeness (QED) is 0.583. The van der Waals surface area contributed by atoms with Crippen LogP contribution in [0.5, 0.6) is 0 Å². The van der Waals surface area contributed by atoms with Gasteiger partial charge in [0.15, 0.2) is 0 Å². The smallest absolute Gasteiger partial charge is 0.300 e. The molecule has 0 rings (SSSR count). The minimum absolute atomic E-state index is 0. The third-order valence-corrected chi connectivity index (χ3v) is 0. The minimum atomic E-state index is -0.833. The first kappa shape index (κ1) is 15.8. The van der Waals surface area contributed by atoms with Gasteiger partial charge in [-0.1, -0.05) is 0 Å². The summed E-state index contributed by atoms with van der Waals surface area (Å²) in [5.74, 6) is -0.833. The molecular weight excluding hydrogens is 213 g/mol. The number of carboxylic acid groups (broad SMARTS) is 1. The second kappa shape index (κ2) is 9.36. The Balaban J connectivity index is -0.0000000450. The number of carbonyl (C=O) groups is 1. The molecular formula is C2H4O2ZnZr. The van der Waals surface area contributed by atoms with Crippen molar-refractivity contribution in [2.24, 2.45) is 0 Å². The van der Waals surface area contributed by atoms with Crippen LogP contribution in [0.1, 0.15) is 6.92 Å². The summed E-state index contributed by atoms with van der Waals surface area (Å²) in [5, 5.41) is 7.42. The van der Waals surface area contributed by atoms with E-state index in [1.807, 2.05) is 0 Å². The van der Waals surface area contributed by atoms with Gasteiger partial charge in [0.05, 0.1) is 0 Å². The van der Waals surface area contributed by atoms with Gasteiger partial charge < -0.3 is 5.11 Å². The van der Waals surface area contributed by atoms with E-state index in [1.165, 1.54) is 0 Å². The molecule has 4 heteroatoms. The number of hydrogen-bond donors (Lipinski definition) is 1. The van der Waals surface area contributed by atoms with E-state index >= 15 is 0 Å². The van der Waals surface area contributed by atoms with E-state index in [1.54, 1.807) is 0 Å². The van der Waals surface area contributed by atoms with Crippen LogP contribution < -0.4 is 0 Å². The van der Waals surface area contributed by atoms with Crippen molar-refractivity contribution in [3.63, 3.8) is 0 Å². The molecule has 0 aliphatic carbocycles. The summed E-state index contributed by atoms with van der Waals surface area (Å²) in [7, 11) is 0. The Kier molecular flexibility index (Phi) is 24.6. The Hall–Kier alpha value is 0.976. The van der Waals surface area contributed by atoms with Gasteiger partial charge in [0.25, 0.3) is 5.97 Å². The van der Waals surface area contributed by atoms with Crippen LogP contribution >= 0.6 is 0 Å². The summed E-state index contributed by atoms with van der Waals surface area (Å²) >= 11 is 0. The molecule has 0 aliphatic rings. The van der Waals surface area contributed by atoms with Gasteiger partial charge >= 0.3 is 0 Å². The molecule has 30 valence electrons. The van der Waals surface area contributed by atoms with Gasteiger partial charge in [-0.25, -0.2) is 0 Å². The molecule has 0 amide bonds. The average molecular weight is 217 g/mol. The predicted molar refractivity (Wildman–Crippen MR) is 13.3 cm³/mol. The molecule has 1 N–H and O–H groups in total. The maximum Gasteiger partial charge on any atom is 0.300 e. The molecule has 0 aromatic rings. The van der Waals surface area contributed by atoms with Crippen LogP contribution in [0.4, 0.5) is 0 Å². The van der Waals surface area contributed by atoms with E-state index in [4.69, 9.17) is 9.90 Å². The van der Waals surface area contributed by atoms with Crippen molar-refractivity contribution in [2.45, 2.75) is 6.92 Å². The molecule has 0 unspecified atom stereocenters. The fourth-order valence-corrected chi connectivity index (χ4v) is 0. The first-order valence-corrected chi connectivity index (χ1v) is 0.928. The Labute approximate surface area is 68.2 Å². The summed E-state index contributed by atoms with van der Waals surface area (Å²) in [6.45, 7) is 1.08. The SMILES string of the molecule is CC(=O)O.[Zn].[Zr]. The molecule has 0 aromatic carbocycles.